The Morgan fingerprint density at radius 2 is 1.04 bits per heavy atom. The van der Waals surface area contributed by atoms with Crippen LogP contribution in [-0.2, 0) is 17.3 Å². The predicted octanol–water partition coefficient (Wildman–Crippen LogP) is 27.1. The summed E-state index contributed by atoms with van der Waals surface area (Å²) in [5.41, 5.74) is 34.4. The predicted molar refractivity (Wildman–Crippen MR) is 475 cm³/mol. The van der Waals surface area contributed by atoms with E-state index in [-0.39, 0.29) is 28.6 Å². The van der Waals surface area contributed by atoms with E-state index in [4.69, 9.17) is 0 Å². The van der Waals surface area contributed by atoms with Crippen molar-refractivity contribution in [3.63, 3.8) is 0 Å². The van der Waals surface area contributed by atoms with E-state index < -0.39 is 0 Å². The third-order valence-corrected chi connectivity index (χ3v) is 27.4. The zero-order chi connectivity index (χ0) is 75.7. The fourth-order valence-electron chi connectivity index (χ4n) is 22.1. The van der Waals surface area contributed by atoms with Crippen LogP contribution in [0.1, 0.15) is 132 Å². The lowest BCUT2D eigenvalue weighted by atomic mass is 9.72. The van der Waals surface area contributed by atoms with Crippen molar-refractivity contribution in [2.75, 3.05) is 0 Å². The van der Waals surface area contributed by atoms with Gasteiger partial charge in [-0.15, -0.1) is 0 Å². The molecule has 538 valence electrons. The fraction of sp³-hybridized carbons (Fsp3) is 0.130. The molecule has 0 fully saturated rings. The van der Waals surface area contributed by atoms with E-state index in [1.54, 1.807) is 0 Å². The van der Waals surface area contributed by atoms with Gasteiger partial charge in [-0.25, -0.2) is 0 Å². The van der Waals surface area contributed by atoms with Gasteiger partial charge in [0, 0.05) is 83.3 Å². The maximum Gasteiger partial charge on any atom is 0.0991 e. The zero-order valence-electron chi connectivity index (χ0n) is 63.9. The van der Waals surface area contributed by atoms with Gasteiger partial charge in [-0.3, -0.25) is 0 Å². The Kier molecular flexibility index (Phi) is 13.6. The molecule has 6 nitrogen and oxygen atoms in total. The summed E-state index contributed by atoms with van der Waals surface area (Å²) in [4.78, 5) is 0. The molecule has 0 N–H and O–H groups in total. The van der Waals surface area contributed by atoms with Gasteiger partial charge in [0.2, 0.25) is 0 Å². The Morgan fingerprint density at radius 1 is 0.439 bits per heavy atom. The fourth-order valence-corrected chi connectivity index (χ4v) is 22.1. The van der Waals surface area contributed by atoms with Gasteiger partial charge in [0.1, 0.15) is 0 Å². The molecule has 13 aromatic carbocycles. The van der Waals surface area contributed by atoms with Crippen molar-refractivity contribution >= 4 is 144 Å². The van der Waals surface area contributed by atoms with E-state index in [1.807, 2.05) is 12.1 Å². The number of nitrogens with zero attached hydrogens (tertiary/aromatic N) is 6. The van der Waals surface area contributed by atoms with Gasteiger partial charge in [0.15, 0.2) is 0 Å². The number of hydrogen-bond donors (Lipinski definition) is 0. The minimum atomic E-state index is -0.316. The van der Waals surface area contributed by atoms with Crippen LogP contribution >= 0.6 is 0 Å². The highest BCUT2D eigenvalue weighted by Gasteiger charge is 2.45. The van der Waals surface area contributed by atoms with E-state index >= 15 is 0 Å². The largest absolute Gasteiger partial charge is 0.315 e. The average molecular weight is 1460 g/mol. The lowest BCUT2D eigenvalue weighted by molar-refractivity contribution is 0.418. The molecular weight excluding hydrogens is 1380 g/mol. The third-order valence-electron chi connectivity index (χ3n) is 27.4. The summed E-state index contributed by atoms with van der Waals surface area (Å²) in [6.07, 6.45) is 28.9. The van der Waals surface area contributed by atoms with Crippen LogP contribution in [0.4, 0.5) is 0 Å². The van der Waals surface area contributed by atoms with Gasteiger partial charge in [-0.1, -0.05) is 240 Å². The van der Waals surface area contributed by atoms with Crippen LogP contribution in [0.3, 0.4) is 0 Å². The van der Waals surface area contributed by atoms with Gasteiger partial charge in [0.25, 0.3) is 0 Å². The minimum absolute atomic E-state index is 0.0689. The molecule has 24 rings (SSSR count). The Morgan fingerprint density at radius 3 is 1.79 bits per heavy atom. The van der Waals surface area contributed by atoms with Crippen molar-refractivity contribution in [3.05, 3.63) is 370 Å². The van der Waals surface area contributed by atoms with Crippen LogP contribution in [0.15, 0.2) is 297 Å². The van der Waals surface area contributed by atoms with E-state index in [0.29, 0.717) is 11.1 Å². The van der Waals surface area contributed by atoms with Crippen molar-refractivity contribution in [2.45, 2.75) is 76.5 Å². The maximum atomic E-state index is 10.2. The second kappa shape index (κ2) is 23.9. The van der Waals surface area contributed by atoms with E-state index in [2.05, 4.69) is 355 Å². The third kappa shape index (κ3) is 9.00. The molecule has 0 spiro atoms. The van der Waals surface area contributed by atoms with Crippen molar-refractivity contribution in [2.24, 2.45) is 11.8 Å². The molecule has 4 heterocycles. The molecule has 0 bridgehead atoms. The SMILES string of the molecule is CC1(C)c2cc(C#N)ccc2-c2ccc(C3=CCCC(n4c5c(c6c7ccccc7ccc64)C=CCC5)=C3n3c4ccccc4c4c5ccc(C6=CC7c8c(n(-c9ccc(-n%10c%11ccccc%11c%11c%12ccccc%12ccc%11%10)cc9C9=CC=C%10c%11ccc(C#N)cc%11C(C)(C)C%10C9)c9ccccc89)C=CC7C=C6)cc5ccc43)cc21. The monoisotopic (exact) mass is 1460 g/mol. The van der Waals surface area contributed by atoms with Gasteiger partial charge in [0.05, 0.1) is 73.4 Å². The van der Waals surface area contributed by atoms with E-state index in [1.165, 1.54) is 204 Å². The van der Waals surface area contributed by atoms with Gasteiger partial charge >= 0.3 is 0 Å². The quantitative estimate of drug-likeness (QED) is 0.160. The first kappa shape index (κ1) is 65.0. The zero-order valence-corrected chi connectivity index (χ0v) is 63.9. The molecule has 0 aliphatic heterocycles. The number of nitriles is 2. The van der Waals surface area contributed by atoms with Crippen molar-refractivity contribution in [1.82, 2.24) is 18.3 Å². The summed E-state index contributed by atoms with van der Waals surface area (Å²) in [7, 11) is 0. The molecule has 7 aliphatic carbocycles. The van der Waals surface area contributed by atoms with Crippen LogP contribution in [0.25, 0.3) is 166 Å². The van der Waals surface area contributed by atoms with Gasteiger partial charge < -0.3 is 18.3 Å². The van der Waals surface area contributed by atoms with Crippen LogP contribution in [0, 0.1) is 34.5 Å². The molecule has 0 saturated heterocycles. The number of para-hydroxylation sites is 3. The number of rotatable bonds is 7. The van der Waals surface area contributed by atoms with Crippen LogP contribution in [0.2, 0.25) is 0 Å². The van der Waals surface area contributed by atoms with E-state index in [9.17, 15) is 10.5 Å². The lowest BCUT2D eigenvalue weighted by Crippen LogP contribution is -2.25. The summed E-state index contributed by atoms with van der Waals surface area (Å²) in [5.74, 6) is 0.446. The smallest absolute Gasteiger partial charge is 0.0991 e. The van der Waals surface area contributed by atoms with Crippen LogP contribution in [0.5, 0.6) is 0 Å². The highest BCUT2D eigenvalue weighted by atomic mass is 15.1. The van der Waals surface area contributed by atoms with Crippen molar-refractivity contribution in [3.8, 4) is 34.6 Å². The number of hydrogen-bond acceptors (Lipinski definition) is 2. The van der Waals surface area contributed by atoms with E-state index in [0.717, 1.165) is 43.5 Å². The second-order valence-corrected chi connectivity index (χ2v) is 33.8. The first-order valence-electron chi connectivity index (χ1n) is 40.5. The topological polar surface area (TPSA) is 67.3 Å². The summed E-state index contributed by atoms with van der Waals surface area (Å²) in [5, 5.41) is 35.4. The summed E-state index contributed by atoms with van der Waals surface area (Å²) in [6.45, 7) is 9.43. The van der Waals surface area contributed by atoms with Crippen LogP contribution in [-0.4, -0.2) is 18.3 Å². The number of fused-ring (bicyclic) bond motifs is 26. The molecule has 114 heavy (non-hydrogen) atoms. The molecular formula is C108H76N6. The highest BCUT2D eigenvalue weighted by molar-refractivity contribution is 6.26. The van der Waals surface area contributed by atoms with Crippen molar-refractivity contribution in [1.29, 1.82) is 10.5 Å². The minimum Gasteiger partial charge on any atom is -0.315 e. The summed E-state index contributed by atoms with van der Waals surface area (Å²) < 4.78 is 10.4. The summed E-state index contributed by atoms with van der Waals surface area (Å²) >= 11 is 0. The molecule has 3 atom stereocenters. The molecule has 7 aliphatic rings. The number of allylic oxidation sites excluding steroid dienone is 14. The average Bonchev–Trinajstić information content (AvgIpc) is 1.55. The first-order chi connectivity index (χ1) is 56.0. The summed E-state index contributed by atoms with van der Waals surface area (Å²) in [6, 6.07) is 98.3. The van der Waals surface area contributed by atoms with Crippen molar-refractivity contribution < 1.29 is 0 Å². The number of benzene rings is 13. The maximum absolute atomic E-state index is 10.2. The molecule has 0 radical (unpaired) electrons. The first-order valence-corrected chi connectivity index (χ1v) is 40.5. The standard InChI is InChI=1S/C108H76N6/c1-107(2)88-54-63(61-109)32-44-78(88)80-47-37-71(58-90(80)107)77-26-17-31-101(113-94-29-15-10-23-83(94)103-75-21-8-6-19-66(75)40-50-98(103)113)106(77)114-95-30-16-12-25-85(95)104-76-46-36-68(56-70(76)42-52-100(104)114)69-35-34-67-41-51-99-105(87(67)57-69)84-24-11-14-28-93(84)112(99)96-53-43-73(111-92-27-13-9-22-82(92)102-74-20-7-5-18-65(74)39-49-97(102)111)60-86(96)72-38-48-81-79-45-33-64(62-110)55-89(79)108(3,4)91(81)59-72/h5-14,16,18-28,30,32-58,60,67,87,91H,15,17,29,31,59H2,1-4H3. The molecule has 17 aromatic rings. The molecule has 0 amide bonds. The highest BCUT2D eigenvalue weighted by Crippen LogP contribution is 2.58. The Hall–Kier alpha value is -13.8. The Balaban J connectivity index is 0.660. The molecule has 4 aromatic heterocycles. The number of aromatic nitrogens is 4. The Bertz CT molecular complexity index is 7670. The van der Waals surface area contributed by atoms with Gasteiger partial charge in [-0.2, -0.15) is 10.5 Å². The molecule has 0 saturated carbocycles. The second-order valence-electron chi connectivity index (χ2n) is 33.8. The Labute approximate surface area is 661 Å². The lowest BCUT2D eigenvalue weighted by Gasteiger charge is -2.32. The normalized spacial score (nSPS) is 18.1. The molecule has 3 unspecified atom stereocenters. The van der Waals surface area contributed by atoms with Gasteiger partial charge in [-0.05, 0) is 240 Å². The molecule has 6 heteroatoms. The van der Waals surface area contributed by atoms with Crippen LogP contribution < -0.4 is 0 Å².